The minimum Gasteiger partial charge on any atom is -0.303 e. The van der Waals surface area contributed by atoms with E-state index in [4.69, 9.17) is 26.6 Å². The van der Waals surface area contributed by atoms with Crippen LogP contribution in [0.4, 0.5) is 0 Å². The number of hydrogen-bond donors (Lipinski definition) is 0. The number of nitrogens with zero attached hydrogens (tertiary/aromatic N) is 4. The lowest BCUT2D eigenvalue weighted by Crippen LogP contribution is -2.03. The normalized spacial score (nSPS) is 11.4. The molecule has 0 aliphatic rings. The molecule has 28 heavy (non-hydrogen) atoms. The summed E-state index contributed by atoms with van der Waals surface area (Å²) in [7, 11) is 0. The second-order valence-electron chi connectivity index (χ2n) is 6.88. The lowest BCUT2D eigenvalue weighted by molar-refractivity contribution is 0.825. The quantitative estimate of drug-likeness (QED) is 0.403. The predicted octanol–water partition coefficient (Wildman–Crippen LogP) is 5.66. The molecule has 0 N–H and O–H groups in total. The minimum absolute atomic E-state index is 0.640. The number of hydrogen-bond acceptors (Lipinski definition) is 3. The molecule has 0 fully saturated rings. The Morgan fingerprint density at radius 2 is 1.57 bits per heavy atom. The maximum atomic E-state index is 6.24. The Morgan fingerprint density at radius 3 is 2.32 bits per heavy atom. The first-order valence-corrected chi connectivity index (χ1v) is 9.50. The van der Waals surface area contributed by atoms with Gasteiger partial charge in [0.15, 0.2) is 11.3 Å². The summed E-state index contributed by atoms with van der Waals surface area (Å²) in [5, 5.41) is 0.678. The Bertz CT molecular complexity index is 1310. The second-order valence-corrected chi connectivity index (χ2v) is 7.31. The molecule has 0 aliphatic carbocycles. The van der Waals surface area contributed by atoms with Crippen LogP contribution >= 0.6 is 11.6 Å². The van der Waals surface area contributed by atoms with Crippen LogP contribution in [0.5, 0.6) is 0 Å². The number of aryl methyl sites for hydroxylation is 1. The van der Waals surface area contributed by atoms with Gasteiger partial charge in [-0.2, -0.15) is 0 Å². The fourth-order valence-corrected chi connectivity index (χ4v) is 3.56. The van der Waals surface area contributed by atoms with Crippen LogP contribution in [0.15, 0.2) is 72.8 Å². The molecule has 0 unspecified atom stereocenters. The van der Waals surface area contributed by atoms with Gasteiger partial charge in [0, 0.05) is 10.6 Å². The number of imidazole rings is 1. The standard InChI is InChI=1S/C23H17ClN4/c1-15-9-11-16(12-10-15)14-28-22(17-5-4-6-18(24)13-17)27-21-23(28)26-20-8-3-2-7-19(20)25-21/h2-13H,14H2,1H3. The molecule has 0 bridgehead atoms. The highest BCUT2D eigenvalue weighted by Crippen LogP contribution is 2.27. The summed E-state index contributed by atoms with van der Waals surface area (Å²) in [6.07, 6.45) is 0. The molecule has 2 heterocycles. The Labute approximate surface area is 167 Å². The zero-order valence-corrected chi connectivity index (χ0v) is 16.1. The van der Waals surface area contributed by atoms with Crippen LogP contribution < -0.4 is 0 Å². The highest BCUT2D eigenvalue weighted by Gasteiger charge is 2.16. The van der Waals surface area contributed by atoms with Gasteiger partial charge in [0.2, 0.25) is 0 Å². The summed E-state index contributed by atoms with van der Waals surface area (Å²) in [6, 6.07) is 24.1. The van der Waals surface area contributed by atoms with Gasteiger partial charge >= 0.3 is 0 Å². The third-order valence-electron chi connectivity index (χ3n) is 4.80. The Morgan fingerprint density at radius 1 is 0.821 bits per heavy atom. The van der Waals surface area contributed by atoms with E-state index >= 15 is 0 Å². The first-order valence-electron chi connectivity index (χ1n) is 9.12. The molecule has 0 amide bonds. The van der Waals surface area contributed by atoms with E-state index in [0.717, 1.165) is 28.1 Å². The average molecular weight is 385 g/mol. The molecule has 0 spiro atoms. The topological polar surface area (TPSA) is 43.6 Å². The van der Waals surface area contributed by atoms with Crippen molar-refractivity contribution in [2.45, 2.75) is 13.5 Å². The number of halogens is 1. The molecule has 5 aromatic rings. The summed E-state index contributed by atoms with van der Waals surface area (Å²) in [5.41, 5.74) is 6.48. The second kappa shape index (κ2) is 6.73. The van der Waals surface area contributed by atoms with E-state index in [0.29, 0.717) is 17.2 Å². The van der Waals surface area contributed by atoms with Crippen LogP contribution in [0.3, 0.4) is 0 Å². The van der Waals surface area contributed by atoms with E-state index in [1.807, 2.05) is 48.5 Å². The average Bonchev–Trinajstić information content (AvgIpc) is 3.05. The van der Waals surface area contributed by atoms with Crippen molar-refractivity contribution in [2.24, 2.45) is 0 Å². The molecule has 0 radical (unpaired) electrons. The molecule has 0 saturated carbocycles. The number of rotatable bonds is 3. The van der Waals surface area contributed by atoms with Gasteiger partial charge in [0.05, 0.1) is 17.6 Å². The molecule has 0 aliphatic heterocycles. The van der Waals surface area contributed by atoms with Gasteiger partial charge in [-0.25, -0.2) is 15.0 Å². The molecule has 2 aromatic heterocycles. The SMILES string of the molecule is Cc1ccc(Cn2c(-c3cccc(Cl)c3)nc3nc4ccccc4nc32)cc1. The van der Waals surface area contributed by atoms with E-state index in [1.165, 1.54) is 11.1 Å². The van der Waals surface area contributed by atoms with Crippen molar-refractivity contribution in [3.8, 4) is 11.4 Å². The van der Waals surface area contributed by atoms with Crippen LogP contribution in [0, 0.1) is 6.92 Å². The smallest absolute Gasteiger partial charge is 0.198 e. The number of benzene rings is 3. The molecular weight excluding hydrogens is 368 g/mol. The highest BCUT2D eigenvalue weighted by atomic mass is 35.5. The van der Waals surface area contributed by atoms with Gasteiger partial charge in [0.25, 0.3) is 0 Å². The number of fused-ring (bicyclic) bond motifs is 2. The maximum Gasteiger partial charge on any atom is 0.198 e. The van der Waals surface area contributed by atoms with Gasteiger partial charge in [-0.15, -0.1) is 0 Å². The van der Waals surface area contributed by atoms with Gasteiger partial charge in [-0.1, -0.05) is 65.7 Å². The molecular formula is C23H17ClN4. The Hall–Kier alpha value is -3.24. The van der Waals surface area contributed by atoms with Crippen molar-refractivity contribution in [1.82, 2.24) is 19.5 Å². The zero-order valence-electron chi connectivity index (χ0n) is 15.3. The molecule has 5 rings (SSSR count). The van der Waals surface area contributed by atoms with Crippen molar-refractivity contribution < 1.29 is 0 Å². The van der Waals surface area contributed by atoms with Crippen molar-refractivity contribution in [3.63, 3.8) is 0 Å². The monoisotopic (exact) mass is 384 g/mol. The fourth-order valence-electron chi connectivity index (χ4n) is 3.37. The van der Waals surface area contributed by atoms with E-state index in [1.54, 1.807) is 0 Å². The van der Waals surface area contributed by atoms with Gasteiger partial charge in [-0.05, 0) is 36.8 Å². The van der Waals surface area contributed by atoms with Crippen molar-refractivity contribution in [2.75, 3.05) is 0 Å². The summed E-state index contributed by atoms with van der Waals surface area (Å²) >= 11 is 6.24. The Balaban J connectivity index is 1.76. The summed E-state index contributed by atoms with van der Waals surface area (Å²) in [5.74, 6) is 0.813. The predicted molar refractivity (Wildman–Crippen MR) is 114 cm³/mol. The number of para-hydroxylation sites is 2. The van der Waals surface area contributed by atoms with Crippen LogP contribution in [0.2, 0.25) is 5.02 Å². The molecule has 3 aromatic carbocycles. The van der Waals surface area contributed by atoms with E-state index in [9.17, 15) is 0 Å². The number of aromatic nitrogens is 4. The fraction of sp³-hybridized carbons (Fsp3) is 0.0870. The van der Waals surface area contributed by atoms with Gasteiger partial charge in [0.1, 0.15) is 5.82 Å². The first kappa shape index (κ1) is 16.9. The zero-order chi connectivity index (χ0) is 19.1. The van der Waals surface area contributed by atoms with E-state index in [-0.39, 0.29) is 0 Å². The van der Waals surface area contributed by atoms with Gasteiger partial charge in [-0.3, -0.25) is 0 Å². The molecule has 5 heteroatoms. The van der Waals surface area contributed by atoms with Crippen LogP contribution in [0.1, 0.15) is 11.1 Å². The lowest BCUT2D eigenvalue weighted by atomic mass is 10.1. The first-order chi connectivity index (χ1) is 13.7. The Kier molecular flexibility index (Phi) is 4.06. The van der Waals surface area contributed by atoms with Crippen LogP contribution in [-0.2, 0) is 6.54 Å². The minimum atomic E-state index is 0.640. The van der Waals surface area contributed by atoms with E-state index < -0.39 is 0 Å². The summed E-state index contributed by atoms with van der Waals surface area (Å²) < 4.78 is 2.12. The molecule has 4 nitrogen and oxygen atoms in total. The molecule has 136 valence electrons. The summed E-state index contributed by atoms with van der Waals surface area (Å²) in [4.78, 5) is 14.4. The largest absolute Gasteiger partial charge is 0.303 e. The van der Waals surface area contributed by atoms with Crippen LogP contribution in [0.25, 0.3) is 33.7 Å². The molecule has 0 saturated heterocycles. The summed E-state index contributed by atoms with van der Waals surface area (Å²) in [6.45, 7) is 2.75. The van der Waals surface area contributed by atoms with Gasteiger partial charge < -0.3 is 4.57 Å². The maximum absolute atomic E-state index is 6.24. The highest BCUT2D eigenvalue weighted by molar-refractivity contribution is 6.30. The van der Waals surface area contributed by atoms with Crippen molar-refractivity contribution in [1.29, 1.82) is 0 Å². The third-order valence-corrected chi connectivity index (χ3v) is 5.04. The lowest BCUT2D eigenvalue weighted by Gasteiger charge is -2.10. The van der Waals surface area contributed by atoms with Crippen molar-refractivity contribution >= 4 is 33.9 Å². The van der Waals surface area contributed by atoms with Crippen molar-refractivity contribution in [3.05, 3.63) is 88.9 Å². The third kappa shape index (κ3) is 3.02. The van der Waals surface area contributed by atoms with E-state index in [2.05, 4.69) is 35.8 Å². The van der Waals surface area contributed by atoms with Crippen LogP contribution in [-0.4, -0.2) is 19.5 Å². The molecule has 0 atom stereocenters.